The number of amides is 1. The molecule has 4 heteroatoms. The van der Waals surface area contributed by atoms with Crippen LogP contribution in [-0.4, -0.2) is 18.5 Å². The van der Waals surface area contributed by atoms with Crippen LogP contribution in [0.3, 0.4) is 0 Å². The third kappa shape index (κ3) is 4.67. The Bertz CT molecular complexity index is 395. The summed E-state index contributed by atoms with van der Waals surface area (Å²) in [4.78, 5) is 11.8. The van der Waals surface area contributed by atoms with Crippen LogP contribution in [0.2, 0.25) is 5.02 Å². The lowest BCUT2D eigenvalue weighted by atomic mass is 9.87. The molecule has 1 aromatic carbocycles. The summed E-state index contributed by atoms with van der Waals surface area (Å²) >= 11 is 5.80. The maximum atomic E-state index is 11.8. The summed E-state index contributed by atoms with van der Waals surface area (Å²) in [6.07, 6.45) is 0.778. The highest BCUT2D eigenvalue weighted by Gasteiger charge is 2.26. The normalized spacial score (nSPS) is 13.2. The third-order valence-corrected chi connectivity index (χ3v) is 3.09. The fourth-order valence-corrected chi connectivity index (χ4v) is 1.61. The van der Waals surface area contributed by atoms with Crippen molar-refractivity contribution in [2.24, 2.45) is 11.1 Å². The van der Waals surface area contributed by atoms with Gasteiger partial charge in [0.15, 0.2) is 0 Å². The number of carbonyl (C=O) groups is 1. The SMILES string of the molecule is CC(C)(C)[C@H](N)C(=O)NCCc1ccc(Cl)cc1. The summed E-state index contributed by atoms with van der Waals surface area (Å²) in [5.74, 6) is -0.100. The van der Waals surface area contributed by atoms with Gasteiger partial charge in [-0.25, -0.2) is 0 Å². The van der Waals surface area contributed by atoms with Gasteiger partial charge in [0.05, 0.1) is 6.04 Å². The number of hydrogen-bond donors (Lipinski definition) is 2. The van der Waals surface area contributed by atoms with Gasteiger partial charge in [0.1, 0.15) is 0 Å². The molecule has 1 aromatic rings. The van der Waals surface area contributed by atoms with Crippen molar-refractivity contribution in [1.82, 2.24) is 5.32 Å². The molecule has 0 heterocycles. The molecule has 100 valence electrons. The number of nitrogens with one attached hydrogen (secondary N) is 1. The Balaban J connectivity index is 2.38. The standard InChI is InChI=1S/C14H21ClN2O/c1-14(2,3)12(16)13(18)17-9-8-10-4-6-11(15)7-5-10/h4-7,12H,8-9,16H2,1-3H3,(H,17,18)/t12-/m1/s1. The molecule has 3 N–H and O–H groups in total. The van der Waals surface area contributed by atoms with Crippen molar-refractivity contribution in [2.75, 3.05) is 6.54 Å². The Morgan fingerprint density at radius 3 is 2.39 bits per heavy atom. The van der Waals surface area contributed by atoms with Crippen molar-refractivity contribution in [3.05, 3.63) is 34.9 Å². The monoisotopic (exact) mass is 268 g/mol. The van der Waals surface area contributed by atoms with Crippen LogP contribution >= 0.6 is 11.6 Å². The fourth-order valence-electron chi connectivity index (χ4n) is 1.48. The summed E-state index contributed by atoms with van der Waals surface area (Å²) < 4.78 is 0. The zero-order valence-corrected chi connectivity index (χ0v) is 11.9. The number of halogens is 1. The summed E-state index contributed by atoms with van der Waals surface area (Å²) in [5, 5.41) is 3.58. The van der Waals surface area contributed by atoms with Gasteiger partial charge in [0, 0.05) is 11.6 Å². The van der Waals surface area contributed by atoms with Gasteiger partial charge in [0.25, 0.3) is 0 Å². The smallest absolute Gasteiger partial charge is 0.237 e. The second kappa shape index (κ2) is 6.21. The van der Waals surface area contributed by atoms with Gasteiger partial charge in [-0.15, -0.1) is 0 Å². The molecule has 0 aliphatic carbocycles. The van der Waals surface area contributed by atoms with Gasteiger partial charge in [-0.3, -0.25) is 4.79 Å². The molecular formula is C14H21ClN2O. The molecule has 1 rings (SSSR count). The van der Waals surface area contributed by atoms with Crippen LogP contribution in [0.5, 0.6) is 0 Å². The molecule has 0 spiro atoms. The molecule has 0 aliphatic heterocycles. The topological polar surface area (TPSA) is 55.1 Å². The molecule has 0 radical (unpaired) electrons. The summed E-state index contributed by atoms with van der Waals surface area (Å²) in [7, 11) is 0. The van der Waals surface area contributed by atoms with E-state index in [4.69, 9.17) is 17.3 Å². The first-order valence-electron chi connectivity index (χ1n) is 6.08. The molecule has 0 aliphatic rings. The van der Waals surface area contributed by atoms with Crippen LogP contribution in [-0.2, 0) is 11.2 Å². The van der Waals surface area contributed by atoms with Crippen molar-refractivity contribution in [2.45, 2.75) is 33.2 Å². The lowest BCUT2D eigenvalue weighted by molar-refractivity contribution is -0.124. The van der Waals surface area contributed by atoms with E-state index in [0.29, 0.717) is 6.54 Å². The Hall–Kier alpha value is -1.06. The maximum Gasteiger partial charge on any atom is 0.237 e. The van der Waals surface area contributed by atoms with Crippen LogP contribution in [0.15, 0.2) is 24.3 Å². The van der Waals surface area contributed by atoms with Crippen molar-refractivity contribution in [3.63, 3.8) is 0 Å². The van der Waals surface area contributed by atoms with E-state index in [0.717, 1.165) is 17.0 Å². The predicted molar refractivity (Wildman–Crippen MR) is 75.6 cm³/mol. The minimum Gasteiger partial charge on any atom is -0.354 e. The van der Waals surface area contributed by atoms with Gasteiger partial charge in [-0.2, -0.15) is 0 Å². The fraction of sp³-hybridized carbons (Fsp3) is 0.500. The van der Waals surface area contributed by atoms with Crippen LogP contribution in [0.4, 0.5) is 0 Å². The molecule has 1 atom stereocenters. The lowest BCUT2D eigenvalue weighted by Gasteiger charge is -2.25. The highest BCUT2D eigenvalue weighted by Crippen LogP contribution is 2.17. The first kappa shape index (κ1) is 15.0. The minimum atomic E-state index is -0.484. The van der Waals surface area contributed by atoms with Crippen molar-refractivity contribution < 1.29 is 4.79 Å². The minimum absolute atomic E-state index is 0.100. The molecule has 3 nitrogen and oxygen atoms in total. The van der Waals surface area contributed by atoms with E-state index >= 15 is 0 Å². The molecule has 0 fully saturated rings. The molecule has 0 saturated heterocycles. The first-order chi connectivity index (χ1) is 8.30. The van der Waals surface area contributed by atoms with E-state index in [1.165, 1.54) is 0 Å². The highest BCUT2D eigenvalue weighted by molar-refractivity contribution is 6.30. The van der Waals surface area contributed by atoms with Gasteiger partial charge in [-0.05, 0) is 29.5 Å². The van der Waals surface area contributed by atoms with Crippen LogP contribution in [0, 0.1) is 5.41 Å². The first-order valence-corrected chi connectivity index (χ1v) is 6.46. The molecular weight excluding hydrogens is 248 g/mol. The van der Waals surface area contributed by atoms with Crippen LogP contribution in [0.1, 0.15) is 26.3 Å². The second-order valence-electron chi connectivity index (χ2n) is 5.51. The number of rotatable bonds is 4. The number of carbonyl (C=O) groups excluding carboxylic acids is 1. The average molecular weight is 269 g/mol. The average Bonchev–Trinajstić information content (AvgIpc) is 2.29. The molecule has 1 amide bonds. The largest absolute Gasteiger partial charge is 0.354 e. The van der Waals surface area contributed by atoms with Gasteiger partial charge in [-0.1, -0.05) is 44.5 Å². The van der Waals surface area contributed by atoms with Crippen LogP contribution in [0.25, 0.3) is 0 Å². The number of nitrogens with two attached hydrogens (primary N) is 1. The summed E-state index contributed by atoms with van der Waals surface area (Å²) in [6, 6.07) is 7.12. The molecule has 0 aromatic heterocycles. The second-order valence-corrected chi connectivity index (χ2v) is 5.95. The lowest BCUT2D eigenvalue weighted by Crippen LogP contribution is -2.48. The van der Waals surface area contributed by atoms with E-state index in [1.54, 1.807) is 0 Å². The Morgan fingerprint density at radius 1 is 1.33 bits per heavy atom. The van der Waals surface area contributed by atoms with E-state index < -0.39 is 6.04 Å². The number of hydrogen-bond acceptors (Lipinski definition) is 2. The van der Waals surface area contributed by atoms with E-state index in [2.05, 4.69) is 5.32 Å². The third-order valence-electron chi connectivity index (χ3n) is 2.84. The van der Waals surface area contributed by atoms with E-state index in [-0.39, 0.29) is 11.3 Å². The maximum absolute atomic E-state index is 11.8. The molecule has 18 heavy (non-hydrogen) atoms. The van der Waals surface area contributed by atoms with Gasteiger partial charge >= 0.3 is 0 Å². The van der Waals surface area contributed by atoms with E-state index in [1.807, 2.05) is 45.0 Å². The Morgan fingerprint density at radius 2 is 1.89 bits per heavy atom. The summed E-state index contributed by atoms with van der Waals surface area (Å²) in [6.45, 7) is 6.45. The summed E-state index contributed by atoms with van der Waals surface area (Å²) in [5.41, 5.74) is 6.79. The van der Waals surface area contributed by atoms with Crippen molar-refractivity contribution >= 4 is 17.5 Å². The van der Waals surface area contributed by atoms with E-state index in [9.17, 15) is 4.79 Å². The van der Waals surface area contributed by atoms with Crippen molar-refractivity contribution in [1.29, 1.82) is 0 Å². The van der Waals surface area contributed by atoms with Crippen LogP contribution < -0.4 is 11.1 Å². The number of benzene rings is 1. The predicted octanol–water partition coefficient (Wildman–Crippen LogP) is 2.37. The van der Waals surface area contributed by atoms with Gasteiger partial charge < -0.3 is 11.1 Å². The quantitative estimate of drug-likeness (QED) is 0.881. The Labute approximate surface area is 114 Å². The van der Waals surface area contributed by atoms with Gasteiger partial charge in [0.2, 0.25) is 5.91 Å². The molecule has 0 unspecified atom stereocenters. The Kier molecular flexibility index (Phi) is 5.17. The highest BCUT2D eigenvalue weighted by atomic mass is 35.5. The molecule has 0 bridgehead atoms. The zero-order chi connectivity index (χ0) is 13.8. The zero-order valence-electron chi connectivity index (χ0n) is 11.2. The van der Waals surface area contributed by atoms with Crippen molar-refractivity contribution in [3.8, 4) is 0 Å². The molecule has 0 saturated carbocycles.